The predicted molar refractivity (Wildman–Crippen MR) is 123 cm³/mol. The minimum atomic E-state index is -0.415. The first-order valence-corrected chi connectivity index (χ1v) is 10.2. The molecule has 0 unspecified atom stereocenters. The summed E-state index contributed by atoms with van der Waals surface area (Å²) < 4.78 is 11.6. The zero-order chi connectivity index (χ0) is 21.3. The molecule has 1 N–H and O–H groups in total. The number of hydrogen-bond donors (Lipinski definition) is 1. The maximum atomic E-state index is 12.2. The maximum Gasteiger partial charge on any atom is 0.344 e. The van der Waals surface area contributed by atoms with Gasteiger partial charge in [0, 0.05) is 3.57 Å². The van der Waals surface area contributed by atoms with Crippen LogP contribution in [0.3, 0.4) is 0 Å². The summed E-state index contributed by atoms with van der Waals surface area (Å²) in [6.45, 7) is 1.85. The molecule has 0 saturated heterocycles. The number of halogens is 1. The first-order chi connectivity index (χ1) is 14.5. The van der Waals surface area contributed by atoms with Crippen molar-refractivity contribution in [3.8, 4) is 11.5 Å². The van der Waals surface area contributed by atoms with Crippen molar-refractivity contribution in [1.29, 1.82) is 0 Å². The Bertz CT molecular complexity index is 1050. The fourth-order valence-electron chi connectivity index (χ4n) is 2.41. The Morgan fingerprint density at radius 3 is 2.33 bits per heavy atom. The summed E-state index contributed by atoms with van der Waals surface area (Å²) in [4.78, 5) is 24.0. The molecule has 30 heavy (non-hydrogen) atoms. The van der Waals surface area contributed by atoms with Gasteiger partial charge in [0.2, 0.25) is 0 Å². The quantitative estimate of drug-likeness (QED) is 0.167. The molecule has 0 bridgehead atoms. The van der Waals surface area contributed by atoms with Crippen LogP contribution in [-0.4, -0.2) is 24.7 Å². The van der Waals surface area contributed by atoms with Gasteiger partial charge in [-0.1, -0.05) is 29.8 Å². The van der Waals surface area contributed by atoms with E-state index < -0.39 is 5.97 Å². The van der Waals surface area contributed by atoms with Gasteiger partial charge in [-0.05, 0) is 83.6 Å². The van der Waals surface area contributed by atoms with Crippen LogP contribution in [-0.2, 0) is 4.79 Å². The van der Waals surface area contributed by atoms with E-state index in [9.17, 15) is 9.59 Å². The fraction of sp³-hybridized carbons (Fsp3) is 0.0870. The van der Waals surface area contributed by atoms with Gasteiger partial charge in [-0.2, -0.15) is 5.10 Å². The van der Waals surface area contributed by atoms with Crippen LogP contribution in [0.4, 0.5) is 0 Å². The average molecular weight is 514 g/mol. The van der Waals surface area contributed by atoms with Crippen molar-refractivity contribution in [3.63, 3.8) is 0 Å². The van der Waals surface area contributed by atoms with Gasteiger partial charge >= 0.3 is 5.97 Å². The average Bonchev–Trinajstić information content (AvgIpc) is 2.75. The molecular formula is C23H19IN2O4. The number of amides is 1. The third kappa shape index (κ3) is 6.41. The fourth-order valence-corrected chi connectivity index (χ4v) is 3.01. The number of ether oxygens (including phenoxy) is 2. The smallest absolute Gasteiger partial charge is 0.344 e. The molecule has 7 heteroatoms. The van der Waals surface area contributed by atoms with E-state index in [2.05, 4.69) is 33.1 Å². The van der Waals surface area contributed by atoms with Crippen molar-refractivity contribution in [2.24, 2.45) is 5.10 Å². The number of rotatable bonds is 7. The molecule has 0 heterocycles. The third-order valence-corrected chi connectivity index (χ3v) is 4.92. The van der Waals surface area contributed by atoms with Crippen molar-refractivity contribution in [3.05, 3.63) is 93.1 Å². The van der Waals surface area contributed by atoms with Gasteiger partial charge in [0.15, 0.2) is 6.61 Å². The number of carbonyl (C=O) groups excluding carboxylic acids is 2. The summed E-state index contributed by atoms with van der Waals surface area (Å²) in [6, 6.07) is 21.4. The van der Waals surface area contributed by atoms with Crippen molar-refractivity contribution in [1.82, 2.24) is 5.43 Å². The molecule has 3 rings (SSSR count). The van der Waals surface area contributed by atoms with Crippen LogP contribution in [0.2, 0.25) is 0 Å². The number of benzene rings is 3. The summed E-state index contributed by atoms with van der Waals surface area (Å²) in [5, 5.41) is 3.90. The van der Waals surface area contributed by atoms with Gasteiger partial charge in [0.05, 0.1) is 11.8 Å². The number of hydrazone groups is 1. The molecule has 3 aromatic rings. The highest BCUT2D eigenvalue weighted by molar-refractivity contribution is 14.1. The maximum absolute atomic E-state index is 12.2. The molecule has 0 aliphatic rings. The van der Waals surface area contributed by atoms with Gasteiger partial charge in [0.1, 0.15) is 11.5 Å². The molecule has 3 aromatic carbocycles. The molecule has 0 fully saturated rings. The zero-order valence-corrected chi connectivity index (χ0v) is 18.3. The molecule has 0 radical (unpaired) electrons. The van der Waals surface area contributed by atoms with Crippen LogP contribution in [0.5, 0.6) is 11.5 Å². The van der Waals surface area contributed by atoms with Gasteiger partial charge in [-0.3, -0.25) is 4.79 Å². The molecule has 0 saturated carbocycles. The second-order valence-corrected chi connectivity index (χ2v) is 7.50. The van der Waals surface area contributed by atoms with Crippen LogP contribution < -0.4 is 14.9 Å². The first-order valence-electron chi connectivity index (χ1n) is 9.09. The molecule has 0 aliphatic carbocycles. The van der Waals surface area contributed by atoms with E-state index in [1.54, 1.807) is 48.5 Å². The lowest BCUT2D eigenvalue weighted by atomic mass is 10.2. The van der Waals surface area contributed by atoms with E-state index >= 15 is 0 Å². The Hall–Kier alpha value is -3.20. The van der Waals surface area contributed by atoms with Gasteiger partial charge in [-0.25, -0.2) is 10.2 Å². The highest BCUT2D eigenvalue weighted by atomic mass is 127. The Labute approximate surface area is 188 Å². The van der Waals surface area contributed by atoms with E-state index in [0.717, 1.165) is 14.7 Å². The van der Waals surface area contributed by atoms with E-state index in [4.69, 9.17) is 9.47 Å². The molecule has 1 amide bonds. The monoisotopic (exact) mass is 514 g/mol. The van der Waals surface area contributed by atoms with Gasteiger partial charge in [-0.15, -0.1) is 0 Å². The van der Waals surface area contributed by atoms with Gasteiger partial charge in [0.25, 0.3) is 5.91 Å². The number of hydrogen-bond acceptors (Lipinski definition) is 5. The second kappa shape index (κ2) is 10.5. The number of aryl methyl sites for hydroxylation is 1. The zero-order valence-electron chi connectivity index (χ0n) is 16.2. The van der Waals surface area contributed by atoms with Crippen molar-refractivity contribution >= 4 is 40.7 Å². The van der Waals surface area contributed by atoms with Crippen LogP contribution in [0.15, 0.2) is 77.9 Å². The molecule has 0 aliphatic heterocycles. The minimum absolute atomic E-state index is 0.131. The summed E-state index contributed by atoms with van der Waals surface area (Å²) in [5.41, 5.74) is 4.78. The van der Waals surface area contributed by atoms with Crippen LogP contribution in [0.25, 0.3) is 0 Å². The standard InChI is InChI=1S/C23H19IN2O4/c1-16-6-10-18(11-7-16)29-15-22(27)26-25-14-17-8-12-19(13-9-17)30-23(28)20-4-2-3-5-21(20)24/h2-14H,15H2,1H3,(H,26,27). The van der Waals surface area contributed by atoms with Crippen molar-refractivity contribution in [2.45, 2.75) is 6.92 Å². The van der Waals surface area contributed by atoms with Crippen LogP contribution in [0, 0.1) is 10.5 Å². The molecular weight excluding hydrogens is 495 g/mol. The predicted octanol–water partition coefficient (Wildman–Crippen LogP) is 4.35. The summed E-state index contributed by atoms with van der Waals surface area (Å²) in [5.74, 6) is 0.263. The first kappa shape index (κ1) is 21.5. The van der Waals surface area contributed by atoms with E-state index in [1.807, 2.05) is 31.2 Å². The normalized spacial score (nSPS) is 10.6. The molecule has 0 spiro atoms. The summed E-state index contributed by atoms with van der Waals surface area (Å²) in [6.07, 6.45) is 1.50. The number of carbonyl (C=O) groups is 2. The molecule has 6 nitrogen and oxygen atoms in total. The summed E-state index contributed by atoms with van der Waals surface area (Å²) >= 11 is 2.09. The SMILES string of the molecule is Cc1ccc(OCC(=O)NN=Cc2ccc(OC(=O)c3ccccc3I)cc2)cc1. The van der Waals surface area contributed by atoms with Crippen LogP contribution >= 0.6 is 22.6 Å². The van der Waals surface area contributed by atoms with Crippen LogP contribution in [0.1, 0.15) is 21.5 Å². The number of nitrogens with zero attached hydrogens (tertiary/aromatic N) is 1. The Morgan fingerprint density at radius 2 is 1.63 bits per heavy atom. The number of nitrogens with one attached hydrogen (secondary N) is 1. The van der Waals surface area contributed by atoms with Gasteiger partial charge < -0.3 is 9.47 Å². The second-order valence-electron chi connectivity index (χ2n) is 6.33. The highest BCUT2D eigenvalue weighted by Gasteiger charge is 2.11. The molecule has 152 valence electrons. The highest BCUT2D eigenvalue weighted by Crippen LogP contribution is 2.17. The van der Waals surface area contributed by atoms with E-state index in [0.29, 0.717) is 17.1 Å². The number of esters is 1. The minimum Gasteiger partial charge on any atom is -0.484 e. The van der Waals surface area contributed by atoms with E-state index in [-0.39, 0.29) is 12.5 Å². The lowest BCUT2D eigenvalue weighted by Crippen LogP contribution is -2.24. The summed E-state index contributed by atoms with van der Waals surface area (Å²) in [7, 11) is 0. The Kier molecular flexibility index (Phi) is 7.56. The Morgan fingerprint density at radius 1 is 0.967 bits per heavy atom. The van der Waals surface area contributed by atoms with E-state index in [1.165, 1.54) is 6.21 Å². The topological polar surface area (TPSA) is 77.0 Å². The molecule has 0 aromatic heterocycles. The lowest BCUT2D eigenvalue weighted by molar-refractivity contribution is -0.123. The Balaban J connectivity index is 1.47. The largest absolute Gasteiger partial charge is 0.484 e. The third-order valence-electron chi connectivity index (χ3n) is 3.98. The van der Waals surface area contributed by atoms with Crippen molar-refractivity contribution < 1.29 is 19.1 Å². The lowest BCUT2D eigenvalue weighted by Gasteiger charge is -2.06. The van der Waals surface area contributed by atoms with Crippen molar-refractivity contribution in [2.75, 3.05) is 6.61 Å². The molecule has 0 atom stereocenters.